The molecule has 5 nitrogen and oxygen atoms in total. The van der Waals surface area contributed by atoms with Crippen molar-refractivity contribution in [3.63, 3.8) is 0 Å². The molecule has 0 aliphatic heterocycles. The zero-order valence-electron chi connectivity index (χ0n) is 21.7. The molecule has 4 aromatic rings. The fourth-order valence-corrected chi connectivity index (χ4v) is 15.2. The van der Waals surface area contributed by atoms with Crippen LogP contribution in [0.5, 0.6) is 23.0 Å². The molecule has 0 radical (unpaired) electrons. The topological polar surface area (TPSA) is 68.4 Å². The SMILES string of the molecule is BrOc1c(Br)c(Br)c(Br)c(Br)c1-c1c(Br)c(Br)c(Br)c(Br)c1OBr.BrOc1c(Br)c(Br)c(Br)c(Br)c1-c1c(Br)c(Br)c(Br)c(Br)c1OBr.O. The van der Waals surface area contributed by atoms with Crippen LogP contribution < -0.4 is 15.3 Å². The summed E-state index contributed by atoms with van der Waals surface area (Å²) in [5.41, 5.74) is 3.02. The maximum Gasteiger partial charge on any atom is 0.179 e. The standard InChI is InChI=1S/2C12Br10O2.H2O/c2*13-3-1(11(23-21)9(19)7(17)5(3)15)2-4(14)6(16)8(18)10(20)12(2)24-22;/h;;1H2. The van der Waals surface area contributed by atoms with Crippen molar-refractivity contribution in [2.75, 3.05) is 0 Å². The van der Waals surface area contributed by atoms with Gasteiger partial charge in [-0.1, -0.05) is 0 Å². The quantitative estimate of drug-likeness (QED) is 0.142. The van der Waals surface area contributed by atoms with Crippen molar-refractivity contribution in [2.45, 2.75) is 0 Å². The molecule has 0 heterocycles. The summed E-state index contributed by atoms with van der Waals surface area (Å²) in [5, 5.41) is 0. The second kappa shape index (κ2) is 22.3. The highest BCUT2D eigenvalue weighted by Gasteiger charge is 2.31. The lowest BCUT2D eigenvalue weighted by Crippen LogP contribution is -1.95. The molecule has 0 saturated heterocycles. The van der Waals surface area contributed by atoms with Gasteiger partial charge in [-0.2, -0.15) is 0 Å². The summed E-state index contributed by atoms with van der Waals surface area (Å²) in [6.07, 6.45) is 0. The summed E-state index contributed by atoms with van der Waals surface area (Å²) in [4.78, 5) is 0. The molecule has 49 heavy (non-hydrogen) atoms. The van der Waals surface area contributed by atoms with Crippen LogP contribution in [0, 0.1) is 0 Å². The van der Waals surface area contributed by atoms with Gasteiger partial charge in [0.25, 0.3) is 0 Å². The van der Waals surface area contributed by atoms with Gasteiger partial charge in [0, 0.05) is 58.0 Å². The minimum Gasteiger partial charge on any atom is -0.416 e. The van der Waals surface area contributed by atoms with Crippen molar-refractivity contribution < 1.29 is 20.8 Å². The molecular formula is C24H2Br20O5. The monoisotopic (exact) mass is 1950 g/mol. The maximum absolute atomic E-state index is 5.46. The van der Waals surface area contributed by atoms with Crippen LogP contribution in [0.4, 0.5) is 0 Å². The molecule has 0 spiro atoms. The Balaban J connectivity index is 0.000000333. The molecular weight excluding hydrogens is 1970 g/mol. The molecule has 0 saturated carbocycles. The van der Waals surface area contributed by atoms with Crippen molar-refractivity contribution in [3.8, 4) is 45.3 Å². The molecule has 4 rings (SSSR count). The Hall–Kier alpha value is 5.64. The van der Waals surface area contributed by atoms with E-state index in [4.69, 9.17) is 15.3 Å². The van der Waals surface area contributed by atoms with Gasteiger partial charge in [0.05, 0.1) is 35.8 Å². The van der Waals surface area contributed by atoms with Gasteiger partial charge in [-0.05, 0) is 255 Å². The van der Waals surface area contributed by atoms with Gasteiger partial charge in [0.1, 0.15) is 0 Å². The van der Waals surface area contributed by atoms with Gasteiger partial charge < -0.3 is 20.8 Å². The van der Waals surface area contributed by atoms with E-state index in [2.05, 4.69) is 320 Å². The van der Waals surface area contributed by atoms with Crippen LogP contribution in [0.2, 0.25) is 0 Å². The number of halogens is 20. The van der Waals surface area contributed by atoms with E-state index in [1.54, 1.807) is 0 Å². The Kier molecular flexibility index (Phi) is 23.1. The first kappa shape index (κ1) is 50.8. The summed E-state index contributed by atoms with van der Waals surface area (Å²) >= 11 is 69.4. The van der Waals surface area contributed by atoms with E-state index in [1.807, 2.05) is 0 Å². The zero-order valence-corrected chi connectivity index (χ0v) is 53.4. The number of hydrogen-bond acceptors (Lipinski definition) is 4. The van der Waals surface area contributed by atoms with Gasteiger partial charge in [-0.3, -0.25) is 0 Å². The average Bonchev–Trinajstić information content (AvgIpc) is 3.07. The molecule has 0 bridgehead atoms. The zero-order chi connectivity index (χ0) is 36.7. The van der Waals surface area contributed by atoms with E-state index >= 15 is 0 Å². The number of hydrogen-bond donors (Lipinski definition) is 0. The lowest BCUT2D eigenvalue weighted by Gasteiger charge is -2.20. The fourth-order valence-electron chi connectivity index (χ4n) is 3.63. The first-order valence-electron chi connectivity index (χ1n) is 11.0. The van der Waals surface area contributed by atoms with Crippen LogP contribution in [-0.2, 0) is 0 Å². The van der Waals surface area contributed by atoms with Gasteiger partial charge in [0.2, 0.25) is 0 Å². The molecule has 0 aromatic heterocycles. The van der Waals surface area contributed by atoms with Gasteiger partial charge >= 0.3 is 0 Å². The molecule has 0 atom stereocenters. The van der Waals surface area contributed by atoms with Crippen LogP contribution in [0.1, 0.15) is 0 Å². The van der Waals surface area contributed by atoms with Crippen molar-refractivity contribution in [1.82, 2.24) is 0 Å². The minimum absolute atomic E-state index is 0. The Morgan fingerprint density at radius 1 is 0.204 bits per heavy atom. The first-order chi connectivity index (χ1) is 22.4. The highest BCUT2D eigenvalue weighted by Crippen LogP contribution is 2.60. The number of rotatable bonds is 6. The second-order valence-corrected chi connectivity index (χ2v) is 22.1. The van der Waals surface area contributed by atoms with E-state index in [-0.39, 0.29) is 5.48 Å². The summed E-state index contributed by atoms with van der Waals surface area (Å²) < 4.78 is 34.4. The van der Waals surface area contributed by atoms with Crippen LogP contribution in [0.25, 0.3) is 22.3 Å². The van der Waals surface area contributed by atoms with Gasteiger partial charge in [0.15, 0.2) is 88.0 Å². The van der Waals surface area contributed by atoms with E-state index in [1.165, 1.54) is 0 Å². The van der Waals surface area contributed by atoms with Gasteiger partial charge in [-0.25, -0.2) is 0 Å². The summed E-state index contributed by atoms with van der Waals surface area (Å²) in [7, 11) is 0. The van der Waals surface area contributed by atoms with Crippen LogP contribution in [-0.4, -0.2) is 5.48 Å². The van der Waals surface area contributed by atoms with Crippen LogP contribution >= 0.6 is 320 Å². The van der Waals surface area contributed by atoms with Crippen molar-refractivity contribution in [1.29, 1.82) is 0 Å². The van der Waals surface area contributed by atoms with Crippen molar-refractivity contribution >= 4 is 320 Å². The van der Waals surface area contributed by atoms with E-state index in [9.17, 15) is 0 Å². The Labute approximate surface area is 448 Å². The van der Waals surface area contributed by atoms with E-state index in [0.717, 1.165) is 93.8 Å². The lowest BCUT2D eigenvalue weighted by molar-refractivity contribution is 0.662. The van der Waals surface area contributed by atoms with E-state index < -0.39 is 0 Å². The predicted molar refractivity (Wildman–Crippen MR) is 269 cm³/mol. The number of benzene rings is 4. The molecule has 0 aliphatic rings. The molecule has 0 fully saturated rings. The van der Waals surface area contributed by atoms with Crippen molar-refractivity contribution in [3.05, 3.63) is 71.6 Å². The maximum atomic E-state index is 5.46. The van der Waals surface area contributed by atoms with Crippen LogP contribution in [0.3, 0.4) is 0 Å². The minimum atomic E-state index is 0. The molecule has 25 heteroatoms. The normalized spacial score (nSPS) is 10.7. The molecule has 0 unspecified atom stereocenters. The lowest BCUT2D eigenvalue weighted by atomic mass is 10.0. The molecule has 0 aliphatic carbocycles. The highest BCUT2D eigenvalue weighted by atomic mass is 79.9. The van der Waals surface area contributed by atoms with E-state index in [0.29, 0.717) is 23.0 Å². The summed E-state index contributed by atoms with van der Waals surface area (Å²) in [6, 6.07) is 0. The Bertz CT molecular complexity index is 1680. The van der Waals surface area contributed by atoms with Gasteiger partial charge in [-0.15, -0.1) is 0 Å². The highest BCUT2D eigenvalue weighted by molar-refractivity contribution is 9.17. The smallest absolute Gasteiger partial charge is 0.179 e. The predicted octanol–water partition coefficient (Wildman–Crippen LogP) is 20.8. The first-order valence-corrected chi connectivity index (χ1v) is 26.2. The summed E-state index contributed by atoms with van der Waals surface area (Å²) in [5.74, 6) is 2.24. The second-order valence-electron chi connectivity index (χ2n) is 8.15. The molecule has 2 N–H and O–H groups in total. The Morgan fingerprint density at radius 3 is 0.449 bits per heavy atom. The third kappa shape index (κ3) is 10.3. The average molecular weight is 1970 g/mol. The fraction of sp³-hybridized carbons (Fsp3) is 0. The largest absolute Gasteiger partial charge is 0.416 e. The van der Waals surface area contributed by atoms with Crippen molar-refractivity contribution in [2.24, 2.45) is 0 Å². The Morgan fingerprint density at radius 2 is 0.327 bits per heavy atom. The third-order valence-corrected chi connectivity index (χ3v) is 25.9. The summed E-state index contributed by atoms with van der Waals surface area (Å²) in [6.45, 7) is 0. The van der Waals surface area contributed by atoms with Crippen LogP contribution in [0.15, 0.2) is 71.6 Å². The third-order valence-electron chi connectivity index (χ3n) is 5.70. The molecule has 268 valence electrons. The molecule has 0 amide bonds. The molecule has 4 aromatic carbocycles.